The van der Waals surface area contributed by atoms with Crippen LogP contribution in [0.25, 0.3) is 0 Å². The zero-order chi connectivity index (χ0) is 13.7. The molecule has 0 aliphatic carbocycles. The fourth-order valence-electron chi connectivity index (χ4n) is 1.53. The van der Waals surface area contributed by atoms with Gasteiger partial charge in [0.05, 0.1) is 12.3 Å². The van der Waals surface area contributed by atoms with Crippen molar-refractivity contribution in [2.24, 2.45) is 5.92 Å². The molecule has 0 aromatic heterocycles. The van der Waals surface area contributed by atoms with Crippen LogP contribution >= 0.6 is 22.6 Å². The highest BCUT2D eigenvalue weighted by molar-refractivity contribution is 14.1. The lowest BCUT2D eigenvalue weighted by molar-refractivity contribution is -0.142. The van der Waals surface area contributed by atoms with E-state index >= 15 is 0 Å². The van der Waals surface area contributed by atoms with E-state index < -0.39 is 11.9 Å². The van der Waals surface area contributed by atoms with Gasteiger partial charge in [-0.2, -0.15) is 0 Å². The summed E-state index contributed by atoms with van der Waals surface area (Å²) in [7, 11) is 1.64. The second-order valence-corrected chi connectivity index (χ2v) is 5.44. The first-order valence-corrected chi connectivity index (χ1v) is 6.70. The van der Waals surface area contributed by atoms with Crippen molar-refractivity contribution in [3.05, 3.63) is 33.4 Å². The lowest BCUT2D eigenvalue weighted by Crippen LogP contribution is -2.34. The number of hydrogen-bond donors (Lipinski definition) is 1. The van der Waals surface area contributed by atoms with E-state index in [9.17, 15) is 9.59 Å². The lowest BCUT2D eigenvalue weighted by atomic mass is 10.1. The van der Waals surface area contributed by atoms with Crippen molar-refractivity contribution in [2.45, 2.75) is 13.3 Å². The van der Waals surface area contributed by atoms with Crippen molar-refractivity contribution in [3.8, 4) is 0 Å². The molecule has 4 nitrogen and oxygen atoms in total. The van der Waals surface area contributed by atoms with Crippen LogP contribution in [0.1, 0.15) is 12.5 Å². The molecule has 0 bridgehead atoms. The Labute approximate surface area is 120 Å². The predicted molar refractivity (Wildman–Crippen MR) is 77.3 cm³/mol. The molecule has 1 aromatic carbocycles. The Balaban J connectivity index is 2.61. The Morgan fingerprint density at radius 1 is 1.39 bits per heavy atom. The summed E-state index contributed by atoms with van der Waals surface area (Å²) in [5, 5.41) is 8.81. The molecule has 1 N–H and O–H groups in total. The van der Waals surface area contributed by atoms with E-state index in [0.29, 0.717) is 6.42 Å². The number of carboxylic acids is 1. The number of rotatable bonds is 5. The largest absolute Gasteiger partial charge is 0.481 e. The van der Waals surface area contributed by atoms with Crippen molar-refractivity contribution < 1.29 is 14.7 Å². The first-order valence-electron chi connectivity index (χ1n) is 5.62. The van der Waals surface area contributed by atoms with Gasteiger partial charge in [0.2, 0.25) is 5.91 Å². The fraction of sp³-hybridized carbons (Fsp3) is 0.385. The molecule has 1 aromatic rings. The van der Waals surface area contributed by atoms with Gasteiger partial charge in [-0.1, -0.05) is 25.1 Å². The third-order valence-electron chi connectivity index (χ3n) is 2.69. The van der Waals surface area contributed by atoms with Gasteiger partial charge in [-0.25, -0.2) is 0 Å². The zero-order valence-corrected chi connectivity index (χ0v) is 12.5. The molecule has 0 aliphatic rings. The number of carbonyl (C=O) groups is 2. The van der Waals surface area contributed by atoms with E-state index in [2.05, 4.69) is 22.6 Å². The average Bonchev–Trinajstić information content (AvgIpc) is 2.31. The van der Waals surface area contributed by atoms with Crippen molar-refractivity contribution in [1.29, 1.82) is 0 Å². The summed E-state index contributed by atoms with van der Waals surface area (Å²) in [6.45, 7) is 1.83. The van der Waals surface area contributed by atoms with Crippen molar-refractivity contribution in [3.63, 3.8) is 0 Å². The van der Waals surface area contributed by atoms with Crippen molar-refractivity contribution in [1.82, 2.24) is 4.90 Å². The molecular weight excluding hydrogens is 345 g/mol. The van der Waals surface area contributed by atoms with E-state index in [4.69, 9.17) is 5.11 Å². The minimum Gasteiger partial charge on any atom is -0.481 e. The Bertz CT molecular complexity index is 448. The van der Waals surface area contributed by atoms with Crippen LogP contribution in [-0.2, 0) is 16.0 Å². The normalized spacial score (nSPS) is 11.9. The summed E-state index contributed by atoms with van der Waals surface area (Å²) in [6.07, 6.45) is 0.307. The molecule has 0 fully saturated rings. The SMILES string of the molecule is CC(CN(C)C(=O)Cc1ccccc1I)C(=O)O. The Kier molecular flexibility index (Phi) is 5.58. The van der Waals surface area contributed by atoms with E-state index in [1.54, 1.807) is 14.0 Å². The maximum Gasteiger partial charge on any atom is 0.308 e. The van der Waals surface area contributed by atoms with Crippen LogP contribution in [0.5, 0.6) is 0 Å². The van der Waals surface area contributed by atoms with Crippen molar-refractivity contribution >= 4 is 34.5 Å². The summed E-state index contributed by atoms with van der Waals surface area (Å²) in [6, 6.07) is 7.67. The molecule has 0 aliphatic heterocycles. The number of benzene rings is 1. The maximum atomic E-state index is 12.0. The Morgan fingerprint density at radius 2 is 2.00 bits per heavy atom. The average molecular weight is 361 g/mol. The number of likely N-dealkylation sites (N-methyl/N-ethyl adjacent to an activating group) is 1. The molecule has 0 heterocycles. The number of nitrogens with zero attached hydrogens (tertiary/aromatic N) is 1. The molecule has 1 amide bonds. The molecule has 1 unspecified atom stereocenters. The summed E-state index contributed by atoms with van der Waals surface area (Å²) < 4.78 is 1.04. The fourth-order valence-corrected chi connectivity index (χ4v) is 2.11. The number of carbonyl (C=O) groups excluding carboxylic acids is 1. The molecule has 98 valence electrons. The predicted octanol–water partition coefficient (Wildman–Crippen LogP) is 2.01. The van der Waals surface area contributed by atoms with Crippen LogP contribution in [-0.4, -0.2) is 35.5 Å². The van der Waals surface area contributed by atoms with E-state index in [0.717, 1.165) is 9.13 Å². The minimum absolute atomic E-state index is 0.0628. The van der Waals surface area contributed by atoms with Gasteiger partial charge >= 0.3 is 5.97 Å². The second kappa shape index (κ2) is 6.72. The number of carboxylic acid groups (broad SMARTS) is 1. The lowest BCUT2D eigenvalue weighted by Gasteiger charge is -2.19. The highest BCUT2D eigenvalue weighted by Crippen LogP contribution is 2.13. The Hall–Kier alpha value is -1.11. The van der Waals surface area contributed by atoms with Gasteiger partial charge in [0, 0.05) is 17.2 Å². The quantitative estimate of drug-likeness (QED) is 0.817. The topological polar surface area (TPSA) is 57.6 Å². The highest BCUT2D eigenvalue weighted by atomic mass is 127. The van der Waals surface area contributed by atoms with Crippen LogP contribution in [0.3, 0.4) is 0 Å². The number of amides is 1. The summed E-state index contributed by atoms with van der Waals surface area (Å²) in [5.41, 5.74) is 0.970. The first-order chi connectivity index (χ1) is 8.41. The molecular formula is C13H16INO3. The van der Waals surface area contributed by atoms with Gasteiger partial charge < -0.3 is 10.0 Å². The van der Waals surface area contributed by atoms with Gasteiger partial charge in [-0.15, -0.1) is 0 Å². The van der Waals surface area contributed by atoms with E-state index in [-0.39, 0.29) is 12.5 Å². The van der Waals surface area contributed by atoms with Crippen LogP contribution in [0.15, 0.2) is 24.3 Å². The smallest absolute Gasteiger partial charge is 0.308 e. The van der Waals surface area contributed by atoms with Gasteiger partial charge in [-0.3, -0.25) is 9.59 Å². The molecule has 5 heteroatoms. The minimum atomic E-state index is -0.885. The van der Waals surface area contributed by atoms with Crippen LogP contribution < -0.4 is 0 Å². The third-order valence-corrected chi connectivity index (χ3v) is 3.75. The third kappa shape index (κ3) is 4.29. The molecule has 0 spiro atoms. The van der Waals surface area contributed by atoms with Gasteiger partial charge in [0.25, 0.3) is 0 Å². The number of halogens is 1. The molecule has 0 radical (unpaired) electrons. The standard InChI is InChI=1S/C13H16INO3/c1-9(13(17)18)8-15(2)12(16)7-10-5-3-4-6-11(10)14/h3-6,9H,7-8H2,1-2H3,(H,17,18). The molecule has 1 atom stereocenters. The maximum absolute atomic E-state index is 12.0. The van der Waals surface area contributed by atoms with E-state index in [1.165, 1.54) is 4.90 Å². The zero-order valence-electron chi connectivity index (χ0n) is 10.4. The van der Waals surface area contributed by atoms with Crippen LogP contribution in [0.2, 0.25) is 0 Å². The van der Waals surface area contributed by atoms with E-state index in [1.807, 2.05) is 24.3 Å². The first kappa shape index (κ1) is 14.9. The summed E-state index contributed by atoms with van der Waals surface area (Å²) in [5.74, 6) is -1.50. The number of hydrogen-bond acceptors (Lipinski definition) is 2. The van der Waals surface area contributed by atoms with Gasteiger partial charge in [0.15, 0.2) is 0 Å². The molecule has 18 heavy (non-hydrogen) atoms. The summed E-state index contributed by atoms with van der Waals surface area (Å²) >= 11 is 2.19. The molecule has 0 saturated heterocycles. The molecule has 0 saturated carbocycles. The van der Waals surface area contributed by atoms with Gasteiger partial charge in [-0.05, 0) is 34.2 Å². The second-order valence-electron chi connectivity index (χ2n) is 4.28. The van der Waals surface area contributed by atoms with Crippen LogP contribution in [0.4, 0.5) is 0 Å². The number of aliphatic carboxylic acids is 1. The Morgan fingerprint density at radius 3 is 2.56 bits per heavy atom. The van der Waals surface area contributed by atoms with Crippen LogP contribution in [0, 0.1) is 9.49 Å². The van der Waals surface area contributed by atoms with Crippen molar-refractivity contribution in [2.75, 3.05) is 13.6 Å². The molecule has 1 rings (SSSR count). The van der Waals surface area contributed by atoms with Gasteiger partial charge in [0.1, 0.15) is 0 Å². The monoisotopic (exact) mass is 361 g/mol. The highest BCUT2D eigenvalue weighted by Gasteiger charge is 2.17. The summed E-state index contributed by atoms with van der Waals surface area (Å²) in [4.78, 5) is 24.2.